The van der Waals surface area contributed by atoms with Crippen LogP contribution >= 0.6 is 15.9 Å². The van der Waals surface area contributed by atoms with Crippen LogP contribution in [0.25, 0.3) is 0 Å². The second-order valence-electron chi connectivity index (χ2n) is 6.88. The summed E-state index contributed by atoms with van der Waals surface area (Å²) in [5.41, 5.74) is 8.79. The molecule has 1 heterocycles. The Balaban J connectivity index is 2.18. The molecule has 1 aliphatic heterocycles. The number of nitrogens with zero attached hydrogens (tertiary/aromatic N) is 1. The van der Waals surface area contributed by atoms with E-state index in [2.05, 4.69) is 59.8 Å². The molecule has 1 fully saturated rings. The highest BCUT2D eigenvalue weighted by molar-refractivity contribution is 9.10. The van der Waals surface area contributed by atoms with E-state index in [1.165, 1.54) is 43.6 Å². The molecule has 0 radical (unpaired) electrons. The number of hydrogen-bond donors (Lipinski definition) is 1. The number of anilines is 1. The van der Waals surface area contributed by atoms with Crippen LogP contribution < -0.4 is 10.6 Å². The smallest absolute Gasteiger partial charge is 0.0410 e. The monoisotopic (exact) mass is 352 g/mol. The van der Waals surface area contributed by atoms with E-state index in [0.717, 1.165) is 22.7 Å². The molecule has 118 valence electrons. The molecular weight excluding hydrogens is 324 g/mol. The normalized spacial score (nSPS) is 21.4. The minimum absolute atomic E-state index is 0.209. The number of benzene rings is 1. The third kappa shape index (κ3) is 4.72. The minimum Gasteiger partial charge on any atom is -0.371 e. The van der Waals surface area contributed by atoms with Gasteiger partial charge in [-0.15, -0.1) is 0 Å². The average molecular weight is 353 g/mol. The second-order valence-corrected chi connectivity index (χ2v) is 7.79. The molecule has 0 amide bonds. The van der Waals surface area contributed by atoms with Crippen molar-refractivity contribution in [2.45, 2.75) is 52.5 Å². The van der Waals surface area contributed by atoms with Gasteiger partial charge in [0.05, 0.1) is 0 Å². The number of rotatable bonds is 4. The van der Waals surface area contributed by atoms with E-state index in [1.54, 1.807) is 0 Å². The van der Waals surface area contributed by atoms with Gasteiger partial charge in [0.15, 0.2) is 0 Å². The lowest BCUT2D eigenvalue weighted by Crippen LogP contribution is -2.27. The van der Waals surface area contributed by atoms with Gasteiger partial charge < -0.3 is 10.6 Å². The van der Waals surface area contributed by atoms with Gasteiger partial charge >= 0.3 is 0 Å². The Labute approximate surface area is 138 Å². The lowest BCUT2D eigenvalue weighted by atomic mass is 9.89. The third-order valence-corrected chi connectivity index (χ3v) is 5.14. The SMILES string of the molecule is CC(N)Cc1ccc(Br)cc1N1CCCC(C(C)C)CC1. The predicted molar refractivity (Wildman–Crippen MR) is 95.9 cm³/mol. The summed E-state index contributed by atoms with van der Waals surface area (Å²) in [7, 11) is 0. The highest BCUT2D eigenvalue weighted by Crippen LogP contribution is 2.31. The Hall–Kier alpha value is -0.540. The lowest BCUT2D eigenvalue weighted by molar-refractivity contribution is 0.351. The fourth-order valence-corrected chi connectivity index (χ4v) is 3.73. The zero-order chi connectivity index (χ0) is 15.4. The standard InChI is InChI=1S/C18H29BrN2/c1-13(2)15-5-4-9-21(10-8-15)18-12-17(19)7-6-16(18)11-14(3)20/h6-7,12-15H,4-5,8-11,20H2,1-3H3. The summed E-state index contributed by atoms with van der Waals surface area (Å²) < 4.78 is 1.16. The van der Waals surface area contributed by atoms with Crippen molar-refractivity contribution >= 4 is 21.6 Å². The van der Waals surface area contributed by atoms with Gasteiger partial charge in [0.25, 0.3) is 0 Å². The van der Waals surface area contributed by atoms with Crippen LogP contribution in [0.3, 0.4) is 0 Å². The quantitative estimate of drug-likeness (QED) is 0.857. The topological polar surface area (TPSA) is 29.3 Å². The summed E-state index contributed by atoms with van der Waals surface area (Å²) >= 11 is 3.63. The maximum Gasteiger partial charge on any atom is 0.0410 e. The van der Waals surface area contributed by atoms with Gasteiger partial charge in [0, 0.05) is 29.3 Å². The van der Waals surface area contributed by atoms with E-state index < -0.39 is 0 Å². The van der Waals surface area contributed by atoms with E-state index in [4.69, 9.17) is 5.73 Å². The summed E-state index contributed by atoms with van der Waals surface area (Å²) in [5, 5.41) is 0. The molecule has 1 aromatic carbocycles. The first-order valence-electron chi connectivity index (χ1n) is 8.26. The first kappa shape index (κ1) is 16.8. The van der Waals surface area contributed by atoms with Crippen LogP contribution in [0.15, 0.2) is 22.7 Å². The van der Waals surface area contributed by atoms with E-state index >= 15 is 0 Å². The van der Waals surface area contributed by atoms with E-state index in [0.29, 0.717) is 0 Å². The fraction of sp³-hybridized carbons (Fsp3) is 0.667. The number of halogens is 1. The van der Waals surface area contributed by atoms with Gasteiger partial charge in [-0.3, -0.25) is 0 Å². The van der Waals surface area contributed by atoms with Gasteiger partial charge in [-0.1, -0.05) is 35.8 Å². The summed E-state index contributed by atoms with van der Waals surface area (Å²) in [5.74, 6) is 1.68. The first-order valence-corrected chi connectivity index (χ1v) is 9.05. The Bertz CT molecular complexity index is 457. The summed E-state index contributed by atoms with van der Waals surface area (Å²) in [6.45, 7) is 9.15. The van der Waals surface area contributed by atoms with Crippen molar-refractivity contribution in [3.8, 4) is 0 Å². The molecule has 2 unspecified atom stereocenters. The average Bonchev–Trinajstić information content (AvgIpc) is 2.66. The molecular formula is C18H29BrN2. The molecule has 3 heteroatoms. The minimum atomic E-state index is 0.209. The first-order chi connectivity index (χ1) is 9.97. The maximum atomic E-state index is 6.02. The Morgan fingerprint density at radius 1 is 1.24 bits per heavy atom. The molecule has 2 rings (SSSR count). The van der Waals surface area contributed by atoms with E-state index in [1.807, 2.05) is 0 Å². The van der Waals surface area contributed by atoms with Gasteiger partial charge in [-0.2, -0.15) is 0 Å². The van der Waals surface area contributed by atoms with Crippen LogP contribution in [0.5, 0.6) is 0 Å². The highest BCUT2D eigenvalue weighted by Gasteiger charge is 2.21. The van der Waals surface area contributed by atoms with Crippen molar-refractivity contribution in [1.29, 1.82) is 0 Å². The molecule has 0 spiro atoms. The van der Waals surface area contributed by atoms with Crippen LogP contribution in [-0.4, -0.2) is 19.1 Å². The maximum absolute atomic E-state index is 6.02. The zero-order valence-corrected chi connectivity index (χ0v) is 15.2. The molecule has 0 bridgehead atoms. The van der Waals surface area contributed by atoms with Crippen molar-refractivity contribution in [2.75, 3.05) is 18.0 Å². The molecule has 0 aliphatic carbocycles. The van der Waals surface area contributed by atoms with Crippen molar-refractivity contribution < 1.29 is 0 Å². The molecule has 21 heavy (non-hydrogen) atoms. The Morgan fingerprint density at radius 2 is 2.00 bits per heavy atom. The van der Waals surface area contributed by atoms with Gasteiger partial charge in [-0.05, 0) is 62.1 Å². The number of hydrogen-bond acceptors (Lipinski definition) is 2. The van der Waals surface area contributed by atoms with Gasteiger partial charge in [0.2, 0.25) is 0 Å². The molecule has 0 saturated carbocycles. The molecule has 0 aromatic heterocycles. The molecule has 2 N–H and O–H groups in total. The van der Waals surface area contributed by atoms with E-state index in [-0.39, 0.29) is 6.04 Å². The van der Waals surface area contributed by atoms with Crippen LogP contribution in [0.4, 0.5) is 5.69 Å². The van der Waals surface area contributed by atoms with Crippen molar-refractivity contribution in [2.24, 2.45) is 17.6 Å². The summed E-state index contributed by atoms with van der Waals surface area (Å²) in [6.07, 6.45) is 4.92. The molecule has 1 saturated heterocycles. The predicted octanol–water partition coefficient (Wildman–Crippen LogP) is 4.60. The van der Waals surface area contributed by atoms with Crippen molar-refractivity contribution in [1.82, 2.24) is 0 Å². The summed E-state index contributed by atoms with van der Waals surface area (Å²) in [4.78, 5) is 2.57. The zero-order valence-electron chi connectivity index (χ0n) is 13.6. The highest BCUT2D eigenvalue weighted by atomic mass is 79.9. The molecule has 1 aromatic rings. The van der Waals surface area contributed by atoms with Crippen LogP contribution in [0.2, 0.25) is 0 Å². The van der Waals surface area contributed by atoms with E-state index in [9.17, 15) is 0 Å². The lowest BCUT2D eigenvalue weighted by Gasteiger charge is -2.27. The van der Waals surface area contributed by atoms with Crippen molar-refractivity contribution in [3.63, 3.8) is 0 Å². The fourth-order valence-electron chi connectivity index (χ4n) is 3.38. The summed E-state index contributed by atoms with van der Waals surface area (Å²) in [6, 6.07) is 6.84. The van der Waals surface area contributed by atoms with Crippen LogP contribution in [0.1, 0.15) is 45.6 Å². The molecule has 1 aliphatic rings. The van der Waals surface area contributed by atoms with Gasteiger partial charge in [-0.25, -0.2) is 0 Å². The Kier molecular flexibility index (Phi) is 6.12. The largest absolute Gasteiger partial charge is 0.371 e. The number of nitrogens with two attached hydrogens (primary N) is 1. The third-order valence-electron chi connectivity index (χ3n) is 4.65. The van der Waals surface area contributed by atoms with Gasteiger partial charge in [0.1, 0.15) is 0 Å². The molecule has 2 nitrogen and oxygen atoms in total. The Morgan fingerprint density at radius 3 is 2.67 bits per heavy atom. The van der Waals surface area contributed by atoms with Crippen LogP contribution in [-0.2, 0) is 6.42 Å². The van der Waals surface area contributed by atoms with Crippen molar-refractivity contribution in [3.05, 3.63) is 28.2 Å². The molecule has 2 atom stereocenters. The van der Waals surface area contributed by atoms with Crippen LogP contribution in [0, 0.1) is 11.8 Å². The second kappa shape index (κ2) is 7.64.